The number of carboxylic acid groups (broad SMARTS) is 1. The fraction of sp³-hybridized carbons (Fsp3) is 0.393. The molecule has 0 radical (unpaired) electrons. The van der Waals surface area contributed by atoms with Crippen LogP contribution in [-0.4, -0.2) is 99.4 Å². The van der Waals surface area contributed by atoms with Crippen LogP contribution in [0, 0.1) is 12.8 Å². The monoisotopic (exact) mass is 988 g/mol. The zero-order valence-corrected chi connectivity index (χ0v) is 41.3. The Labute approximate surface area is 422 Å². The molecule has 0 bridgehead atoms. The number of aliphatic hydroxyl groups is 1. The summed E-state index contributed by atoms with van der Waals surface area (Å²) in [5, 5.41) is 27.1. The number of hydrogen-bond donors (Lipinski definition) is 4. The molecule has 6 heterocycles. The number of unbranched alkanes of at least 4 members (excludes halogenated alkanes) is 1. The minimum absolute atomic E-state index is 0.0185. The predicted molar refractivity (Wildman–Crippen MR) is 279 cm³/mol. The summed E-state index contributed by atoms with van der Waals surface area (Å²) in [6.07, 6.45) is 8.78. The highest BCUT2D eigenvalue weighted by atomic mass is 32.1. The highest BCUT2D eigenvalue weighted by molar-refractivity contribution is 7.22. The number of aromatic carboxylic acids is 1. The maximum absolute atomic E-state index is 13.7. The van der Waals surface area contributed by atoms with Crippen molar-refractivity contribution in [2.75, 3.05) is 54.4 Å². The molecule has 2 unspecified atom stereocenters. The van der Waals surface area contributed by atoms with Crippen molar-refractivity contribution in [2.45, 2.75) is 95.9 Å². The predicted octanol–water partition coefficient (Wildman–Crippen LogP) is 9.56. The molecule has 4 N–H and O–H groups in total. The number of amides is 2. The number of oxazole rings is 1. The first kappa shape index (κ1) is 47.4. The second-order valence-corrected chi connectivity index (χ2v) is 20.9. The SMILES string of the molecule is Cc1c(OC2CCC(CCCCN3CCN(c4nc5cc(C6CCC(=O)NC6O)ccc5o4)CC3)CC2)cccc1-c1ccc(N2CCc3cccc(C(=O)Nc4nc5ccccc5s4)c3C2)nc1C(=O)O. The summed E-state index contributed by atoms with van der Waals surface area (Å²) >= 11 is 1.44. The molecule has 2 atom stereocenters. The number of aromatic nitrogens is 3. The molecule has 3 aromatic heterocycles. The van der Waals surface area contributed by atoms with E-state index in [1.54, 1.807) is 0 Å². The zero-order chi connectivity index (χ0) is 49.3. The van der Waals surface area contributed by atoms with E-state index in [9.17, 15) is 24.6 Å². The van der Waals surface area contributed by atoms with Gasteiger partial charge in [-0.2, -0.15) is 4.98 Å². The molecule has 2 saturated heterocycles. The Morgan fingerprint density at radius 3 is 2.49 bits per heavy atom. The molecule has 1 aliphatic carbocycles. The number of piperidine rings is 1. The molecule has 11 rings (SSSR count). The summed E-state index contributed by atoms with van der Waals surface area (Å²) < 4.78 is 13.8. The fourth-order valence-electron chi connectivity index (χ4n) is 11.2. The minimum Gasteiger partial charge on any atom is -0.490 e. The number of piperazine rings is 1. The lowest BCUT2D eigenvalue weighted by Gasteiger charge is -2.34. The van der Waals surface area contributed by atoms with E-state index in [2.05, 4.69) is 25.4 Å². The second-order valence-electron chi connectivity index (χ2n) is 19.8. The summed E-state index contributed by atoms with van der Waals surface area (Å²) in [6.45, 7) is 7.78. The molecular weight excluding hydrogens is 929 g/mol. The van der Waals surface area contributed by atoms with E-state index in [-0.39, 0.29) is 29.5 Å². The summed E-state index contributed by atoms with van der Waals surface area (Å²) in [5.74, 6) is 0.420. The van der Waals surface area contributed by atoms with Crippen LogP contribution in [0.3, 0.4) is 0 Å². The van der Waals surface area contributed by atoms with Crippen molar-refractivity contribution in [2.24, 2.45) is 5.92 Å². The summed E-state index contributed by atoms with van der Waals surface area (Å²) in [4.78, 5) is 59.2. The van der Waals surface area contributed by atoms with Crippen molar-refractivity contribution in [3.8, 4) is 16.9 Å². The van der Waals surface area contributed by atoms with Crippen LogP contribution in [0.25, 0.3) is 32.4 Å². The van der Waals surface area contributed by atoms with Gasteiger partial charge in [-0.15, -0.1) is 0 Å². The lowest BCUT2D eigenvalue weighted by molar-refractivity contribution is -0.127. The van der Waals surface area contributed by atoms with Crippen molar-refractivity contribution in [3.05, 3.63) is 125 Å². The maximum atomic E-state index is 13.7. The summed E-state index contributed by atoms with van der Waals surface area (Å²) in [6, 6.07) is 29.7. The Morgan fingerprint density at radius 1 is 0.833 bits per heavy atom. The summed E-state index contributed by atoms with van der Waals surface area (Å²) in [7, 11) is 0. The van der Waals surface area contributed by atoms with Crippen LogP contribution in [-0.2, 0) is 17.8 Å². The van der Waals surface area contributed by atoms with Crippen LogP contribution < -0.4 is 25.2 Å². The van der Waals surface area contributed by atoms with Gasteiger partial charge < -0.3 is 34.5 Å². The van der Waals surface area contributed by atoms with Gasteiger partial charge in [0.1, 0.15) is 23.3 Å². The van der Waals surface area contributed by atoms with Crippen LogP contribution in [0.4, 0.5) is 17.0 Å². The van der Waals surface area contributed by atoms with Crippen molar-refractivity contribution in [1.82, 2.24) is 25.2 Å². The smallest absolute Gasteiger partial charge is 0.355 e. The number of nitrogens with zero attached hydrogens (tertiary/aromatic N) is 6. The van der Waals surface area contributed by atoms with Crippen LogP contribution >= 0.6 is 11.3 Å². The molecule has 3 fully saturated rings. The molecule has 0 spiro atoms. The van der Waals surface area contributed by atoms with Crippen LogP contribution in [0.15, 0.2) is 95.4 Å². The first-order valence-corrected chi connectivity index (χ1v) is 26.3. The van der Waals surface area contributed by atoms with E-state index < -0.39 is 12.2 Å². The highest BCUT2D eigenvalue weighted by Crippen LogP contribution is 2.38. The number of benzene rings is 4. The van der Waals surface area contributed by atoms with Gasteiger partial charge in [0.15, 0.2) is 16.4 Å². The van der Waals surface area contributed by atoms with Crippen molar-refractivity contribution < 1.29 is 33.8 Å². The first-order chi connectivity index (χ1) is 35.1. The Balaban J connectivity index is 0.647. The Morgan fingerprint density at radius 2 is 1.67 bits per heavy atom. The van der Waals surface area contributed by atoms with E-state index in [0.717, 1.165) is 113 Å². The van der Waals surface area contributed by atoms with E-state index in [4.69, 9.17) is 19.1 Å². The van der Waals surface area contributed by atoms with Gasteiger partial charge in [-0.1, -0.05) is 66.6 Å². The van der Waals surface area contributed by atoms with Crippen LogP contribution in [0.2, 0.25) is 0 Å². The number of anilines is 3. The molecule has 4 aromatic carbocycles. The van der Waals surface area contributed by atoms with Gasteiger partial charge in [-0.25, -0.2) is 14.8 Å². The van der Waals surface area contributed by atoms with Crippen LogP contribution in [0.5, 0.6) is 5.75 Å². The number of thiazole rings is 1. The van der Waals surface area contributed by atoms with Gasteiger partial charge in [0, 0.05) is 62.7 Å². The van der Waals surface area contributed by atoms with Gasteiger partial charge in [0.25, 0.3) is 11.9 Å². The number of fused-ring (bicyclic) bond motifs is 3. The Hall–Kier alpha value is -6.88. The average molecular weight is 989 g/mol. The number of carboxylic acids is 1. The number of aliphatic hydroxyl groups excluding tert-OH is 1. The lowest BCUT2D eigenvalue weighted by atomic mass is 9.84. The number of ether oxygens (including phenoxy) is 1. The number of carbonyl (C=O) groups excluding carboxylic acids is 2. The molecule has 372 valence electrons. The lowest BCUT2D eigenvalue weighted by Crippen LogP contribution is -2.46. The standard InChI is InChI=1S/C56H60N8O7S/c1-34-39(41-20-23-49(59-51(41)54(68)69)64-27-25-36-9-6-11-42(43(36)33-64)53(67)61-55-57-44-12-2-3-14-48(44)72-55)10-7-13-46(34)70-38-18-15-35(16-19-38)8-4-5-26-62-28-30-63(31-29-62)56-58-45-32-37(17-22-47(45)71-56)40-21-24-50(65)60-52(40)66/h2-3,6-7,9-14,17,20,22-23,32,35,38,40,52,66H,4-5,8,15-16,18-19,21,24-31,33H2,1H3,(H,60,65)(H,68,69)(H,57,61,67). The van der Waals surface area contributed by atoms with E-state index in [0.29, 0.717) is 66.4 Å². The molecule has 3 aliphatic heterocycles. The molecular formula is C56H60N8O7S. The van der Waals surface area contributed by atoms with Crippen molar-refractivity contribution >= 4 is 67.4 Å². The second kappa shape index (κ2) is 20.7. The molecule has 4 aliphatic rings. The van der Waals surface area contributed by atoms with E-state index >= 15 is 0 Å². The van der Waals surface area contributed by atoms with Crippen LogP contribution in [0.1, 0.15) is 107 Å². The minimum atomic E-state index is -1.10. The number of pyridine rings is 1. The molecule has 7 aromatic rings. The average Bonchev–Trinajstić information content (AvgIpc) is 4.02. The topological polar surface area (TPSA) is 186 Å². The van der Waals surface area contributed by atoms with E-state index in [1.165, 1.54) is 30.6 Å². The normalized spacial score (nSPS) is 20.6. The van der Waals surface area contributed by atoms with Gasteiger partial charge in [-0.05, 0) is 141 Å². The highest BCUT2D eigenvalue weighted by Gasteiger charge is 2.31. The Kier molecular flexibility index (Phi) is 13.6. The van der Waals surface area contributed by atoms with Gasteiger partial charge in [-0.3, -0.25) is 19.8 Å². The molecule has 15 nitrogen and oxygen atoms in total. The van der Waals surface area contributed by atoms with Gasteiger partial charge in [0.05, 0.1) is 16.3 Å². The van der Waals surface area contributed by atoms with Crippen molar-refractivity contribution in [3.63, 3.8) is 0 Å². The zero-order valence-electron chi connectivity index (χ0n) is 40.5. The maximum Gasteiger partial charge on any atom is 0.355 e. The molecule has 2 amide bonds. The summed E-state index contributed by atoms with van der Waals surface area (Å²) in [5.41, 5.74) is 8.06. The third-order valence-corrected chi connectivity index (χ3v) is 16.2. The number of para-hydroxylation sites is 1. The fourth-order valence-corrected chi connectivity index (χ4v) is 12.1. The van der Waals surface area contributed by atoms with Gasteiger partial charge in [0.2, 0.25) is 5.91 Å². The number of nitrogens with one attached hydrogen (secondary N) is 2. The molecule has 16 heteroatoms. The quantitative estimate of drug-likeness (QED) is 0.0756. The number of carbonyl (C=O) groups is 3. The van der Waals surface area contributed by atoms with E-state index in [1.807, 2.05) is 103 Å². The number of hydrogen-bond acceptors (Lipinski definition) is 13. The molecule has 72 heavy (non-hydrogen) atoms. The Bertz CT molecular complexity index is 3110. The third kappa shape index (κ3) is 10.1. The largest absolute Gasteiger partial charge is 0.490 e. The van der Waals surface area contributed by atoms with Crippen molar-refractivity contribution in [1.29, 1.82) is 0 Å². The number of rotatable bonds is 14. The van der Waals surface area contributed by atoms with Gasteiger partial charge >= 0.3 is 5.97 Å². The first-order valence-electron chi connectivity index (χ1n) is 25.5. The molecule has 1 saturated carbocycles. The third-order valence-electron chi connectivity index (χ3n) is 15.3.